The van der Waals surface area contributed by atoms with Crippen LogP contribution < -0.4 is 0 Å². The second kappa shape index (κ2) is 9.16. The summed E-state index contributed by atoms with van der Waals surface area (Å²) in [6.45, 7) is 0. The van der Waals surface area contributed by atoms with Gasteiger partial charge in [-0.2, -0.15) is 0 Å². The topological polar surface area (TPSA) is 105 Å². The van der Waals surface area contributed by atoms with E-state index in [0.29, 0.717) is 12.8 Å². The van der Waals surface area contributed by atoms with Gasteiger partial charge < -0.3 is 29.5 Å². The lowest BCUT2D eigenvalue weighted by molar-refractivity contribution is -0.212. The van der Waals surface area contributed by atoms with Crippen LogP contribution in [0.1, 0.15) is 49.1 Å². The number of carbonyl (C=O) groups excluding carboxylic acids is 1. The fraction of sp³-hybridized carbons (Fsp3) is 0.500. The molecule has 1 heterocycles. The van der Waals surface area contributed by atoms with Crippen molar-refractivity contribution in [3.05, 3.63) is 71.8 Å². The second-order valence-corrected chi connectivity index (χ2v) is 9.26. The number of hydrogen-bond donors (Lipinski definition) is 3. The molecule has 0 aromatic heterocycles. The van der Waals surface area contributed by atoms with Gasteiger partial charge in [0.05, 0.1) is 0 Å². The average molecular weight is 455 g/mol. The van der Waals surface area contributed by atoms with E-state index in [-0.39, 0.29) is 0 Å². The zero-order chi connectivity index (χ0) is 23.0. The van der Waals surface area contributed by atoms with E-state index in [1.807, 2.05) is 60.7 Å². The fourth-order valence-electron chi connectivity index (χ4n) is 5.38. The van der Waals surface area contributed by atoms with E-state index in [0.717, 1.165) is 30.4 Å². The Morgan fingerprint density at radius 3 is 1.91 bits per heavy atom. The summed E-state index contributed by atoms with van der Waals surface area (Å²) in [5, 5.41) is 31.9. The van der Waals surface area contributed by atoms with Crippen LogP contribution in [-0.4, -0.2) is 63.7 Å². The maximum Gasteiger partial charge on any atom is 0.318 e. The standard InChI is InChI=1S/C26H30O7/c27-19-20(28)22(24-23(21(19)29)32-26(33-24)14-8-3-9-15-26)31-25(30)18(16-10-4-1-5-11-16)17-12-6-2-7-13-17/h1-2,4-7,10-13,18-24,27-29H,3,8-9,14-15H2/t19-,20-,21+,22+,23+,24-/m0/s1. The van der Waals surface area contributed by atoms with Crippen LogP contribution >= 0.6 is 0 Å². The van der Waals surface area contributed by atoms with Gasteiger partial charge in [-0.05, 0) is 24.0 Å². The first kappa shape index (κ1) is 22.5. The van der Waals surface area contributed by atoms with Gasteiger partial charge in [0.2, 0.25) is 0 Å². The van der Waals surface area contributed by atoms with Gasteiger partial charge in [-0.3, -0.25) is 4.79 Å². The lowest BCUT2D eigenvalue weighted by Gasteiger charge is -2.41. The minimum absolute atomic E-state index is 0.563. The van der Waals surface area contributed by atoms with E-state index >= 15 is 0 Å². The summed E-state index contributed by atoms with van der Waals surface area (Å²) in [5.41, 5.74) is 1.51. The van der Waals surface area contributed by atoms with Gasteiger partial charge in [0.15, 0.2) is 11.9 Å². The maximum atomic E-state index is 13.5. The largest absolute Gasteiger partial charge is 0.456 e. The highest BCUT2D eigenvalue weighted by atomic mass is 16.8. The van der Waals surface area contributed by atoms with Crippen molar-refractivity contribution in [2.75, 3.05) is 0 Å². The molecule has 1 aliphatic heterocycles. The van der Waals surface area contributed by atoms with Crippen LogP contribution in [0.2, 0.25) is 0 Å². The van der Waals surface area contributed by atoms with E-state index < -0.39 is 54.3 Å². The van der Waals surface area contributed by atoms with E-state index in [2.05, 4.69) is 0 Å². The summed E-state index contributed by atoms with van der Waals surface area (Å²) in [6.07, 6.45) is -3.02. The molecule has 1 spiro atoms. The first-order valence-corrected chi connectivity index (χ1v) is 11.7. The van der Waals surface area contributed by atoms with Crippen LogP contribution in [0, 0.1) is 0 Å². The third-order valence-electron chi connectivity index (χ3n) is 7.09. The molecule has 176 valence electrons. The summed E-state index contributed by atoms with van der Waals surface area (Å²) < 4.78 is 18.3. The van der Waals surface area contributed by atoms with E-state index in [9.17, 15) is 20.1 Å². The second-order valence-electron chi connectivity index (χ2n) is 9.26. The molecule has 0 radical (unpaired) electrons. The Morgan fingerprint density at radius 2 is 1.33 bits per heavy atom. The molecule has 0 bridgehead atoms. The predicted octanol–water partition coefficient (Wildman–Crippen LogP) is 2.27. The lowest BCUT2D eigenvalue weighted by atomic mass is 9.84. The number of ether oxygens (including phenoxy) is 3. The van der Waals surface area contributed by atoms with Crippen LogP contribution in [0.25, 0.3) is 0 Å². The highest BCUT2D eigenvalue weighted by Crippen LogP contribution is 2.46. The van der Waals surface area contributed by atoms with Crippen LogP contribution in [0.5, 0.6) is 0 Å². The molecule has 3 N–H and O–H groups in total. The third kappa shape index (κ3) is 4.20. The maximum absolute atomic E-state index is 13.5. The number of carbonyl (C=O) groups is 1. The first-order chi connectivity index (χ1) is 16.0. The zero-order valence-electron chi connectivity index (χ0n) is 18.3. The first-order valence-electron chi connectivity index (χ1n) is 11.7. The zero-order valence-corrected chi connectivity index (χ0v) is 18.3. The van der Waals surface area contributed by atoms with Crippen molar-refractivity contribution < 1.29 is 34.3 Å². The molecule has 5 rings (SSSR count). The summed E-state index contributed by atoms with van der Waals surface area (Å²) in [7, 11) is 0. The van der Waals surface area contributed by atoms with Crippen molar-refractivity contribution in [2.45, 2.75) is 80.4 Å². The smallest absolute Gasteiger partial charge is 0.318 e. The molecular formula is C26H30O7. The quantitative estimate of drug-likeness (QED) is 0.609. The van der Waals surface area contributed by atoms with Gasteiger partial charge >= 0.3 is 5.97 Å². The van der Waals surface area contributed by atoms with Gasteiger partial charge in [0.1, 0.15) is 36.4 Å². The average Bonchev–Trinajstić information content (AvgIpc) is 3.21. The van der Waals surface area contributed by atoms with Crippen LogP contribution in [0.3, 0.4) is 0 Å². The highest BCUT2D eigenvalue weighted by molar-refractivity contribution is 5.82. The molecule has 0 amide bonds. The molecule has 33 heavy (non-hydrogen) atoms. The van der Waals surface area contributed by atoms with Crippen molar-refractivity contribution in [1.29, 1.82) is 0 Å². The van der Waals surface area contributed by atoms with Gasteiger partial charge in [-0.15, -0.1) is 0 Å². The van der Waals surface area contributed by atoms with Crippen LogP contribution in [0.4, 0.5) is 0 Å². The molecule has 7 nitrogen and oxygen atoms in total. The highest BCUT2D eigenvalue weighted by Gasteiger charge is 2.61. The van der Waals surface area contributed by atoms with Crippen molar-refractivity contribution in [2.24, 2.45) is 0 Å². The SMILES string of the molecule is O=C(O[C@@H]1[C@@H](O)[C@H](O)[C@@H](O)[C@H]2OC3(CCCCC3)O[C@H]21)C(c1ccccc1)c1ccccc1. The Balaban J connectivity index is 1.44. The number of hydrogen-bond acceptors (Lipinski definition) is 7. The molecule has 7 heteroatoms. The Bertz CT molecular complexity index is 904. The normalized spacial score (nSPS) is 33.1. The van der Waals surface area contributed by atoms with Crippen molar-refractivity contribution in [1.82, 2.24) is 0 Å². The number of esters is 1. The van der Waals surface area contributed by atoms with Crippen molar-refractivity contribution >= 4 is 5.97 Å². The number of benzene rings is 2. The molecule has 2 aliphatic carbocycles. The molecule has 2 aromatic rings. The molecular weight excluding hydrogens is 424 g/mol. The molecule has 3 fully saturated rings. The summed E-state index contributed by atoms with van der Waals surface area (Å²) >= 11 is 0. The van der Waals surface area contributed by atoms with Gasteiger partial charge in [0.25, 0.3) is 0 Å². The van der Waals surface area contributed by atoms with Gasteiger partial charge in [0, 0.05) is 12.8 Å². The molecule has 0 unspecified atom stereocenters. The Labute approximate surface area is 192 Å². The lowest BCUT2D eigenvalue weighted by Crippen LogP contribution is -2.63. The number of rotatable bonds is 4. The predicted molar refractivity (Wildman–Crippen MR) is 118 cm³/mol. The third-order valence-corrected chi connectivity index (χ3v) is 7.09. The Kier molecular flexibility index (Phi) is 6.24. The fourth-order valence-corrected chi connectivity index (χ4v) is 5.38. The van der Waals surface area contributed by atoms with Gasteiger partial charge in [-0.25, -0.2) is 0 Å². The van der Waals surface area contributed by atoms with Crippen molar-refractivity contribution in [3.8, 4) is 0 Å². The van der Waals surface area contributed by atoms with Crippen LogP contribution in [0.15, 0.2) is 60.7 Å². The van der Waals surface area contributed by atoms with Crippen LogP contribution in [-0.2, 0) is 19.0 Å². The number of fused-ring (bicyclic) bond motifs is 1. The number of aliphatic hydroxyl groups excluding tert-OH is 3. The van der Waals surface area contributed by atoms with E-state index in [1.54, 1.807) is 0 Å². The molecule has 6 atom stereocenters. The van der Waals surface area contributed by atoms with Gasteiger partial charge in [-0.1, -0.05) is 67.1 Å². The molecule has 2 aromatic carbocycles. The summed E-state index contributed by atoms with van der Waals surface area (Å²) in [6, 6.07) is 18.6. The molecule has 1 saturated heterocycles. The molecule has 2 saturated carbocycles. The monoisotopic (exact) mass is 454 g/mol. The summed E-state index contributed by atoms with van der Waals surface area (Å²) in [5.74, 6) is -2.15. The van der Waals surface area contributed by atoms with E-state index in [4.69, 9.17) is 14.2 Å². The Hall–Kier alpha value is -2.29. The minimum atomic E-state index is -1.52. The minimum Gasteiger partial charge on any atom is -0.456 e. The van der Waals surface area contributed by atoms with Crippen molar-refractivity contribution in [3.63, 3.8) is 0 Å². The molecule has 3 aliphatic rings. The Morgan fingerprint density at radius 1 is 0.788 bits per heavy atom. The number of aliphatic hydroxyl groups is 3. The van der Waals surface area contributed by atoms with E-state index in [1.165, 1.54) is 0 Å². The summed E-state index contributed by atoms with van der Waals surface area (Å²) in [4.78, 5) is 13.5.